The molecule has 0 saturated heterocycles. The first-order chi connectivity index (χ1) is 11.0. The van der Waals surface area contributed by atoms with Crippen molar-refractivity contribution in [2.24, 2.45) is 0 Å². The Morgan fingerprint density at radius 1 is 1.30 bits per heavy atom. The molecule has 0 radical (unpaired) electrons. The Kier molecular flexibility index (Phi) is 3.77. The average molecular weight is 307 g/mol. The van der Waals surface area contributed by atoms with E-state index < -0.39 is 5.60 Å². The van der Waals surface area contributed by atoms with Crippen LogP contribution >= 0.6 is 0 Å². The van der Waals surface area contributed by atoms with Gasteiger partial charge in [0.1, 0.15) is 23.2 Å². The highest BCUT2D eigenvalue weighted by Gasteiger charge is 2.27. The molecular weight excluding hydrogens is 290 g/mol. The summed E-state index contributed by atoms with van der Waals surface area (Å²) in [7, 11) is 0. The van der Waals surface area contributed by atoms with Crippen LogP contribution in [0.4, 0.5) is 5.69 Å². The topological polar surface area (TPSA) is 82.1 Å². The summed E-state index contributed by atoms with van der Waals surface area (Å²) in [5.41, 5.74) is 0.713. The van der Waals surface area contributed by atoms with Crippen LogP contribution in [0.5, 0.6) is 0 Å². The summed E-state index contributed by atoms with van der Waals surface area (Å²) < 4.78 is 5.51. The minimum absolute atomic E-state index is 0.211. The molecule has 116 valence electrons. The molecule has 3 rings (SSSR count). The number of nitriles is 1. The first-order valence-corrected chi connectivity index (χ1v) is 7.32. The van der Waals surface area contributed by atoms with Crippen LogP contribution in [0.25, 0.3) is 10.9 Å². The summed E-state index contributed by atoms with van der Waals surface area (Å²) in [5.74, 6) is 1.23. The lowest BCUT2D eigenvalue weighted by atomic mass is 10.0. The van der Waals surface area contributed by atoms with Crippen LogP contribution < -0.4 is 5.32 Å². The third-order valence-electron chi connectivity index (χ3n) is 3.78. The van der Waals surface area contributed by atoms with Gasteiger partial charge in [-0.3, -0.25) is 4.98 Å². The summed E-state index contributed by atoms with van der Waals surface area (Å²) in [6.07, 6.45) is 1.54. The van der Waals surface area contributed by atoms with Crippen molar-refractivity contribution in [3.8, 4) is 6.07 Å². The normalized spacial score (nSPS) is 13.5. The Balaban J connectivity index is 1.94. The van der Waals surface area contributed by atoms with Crippen molar-refractivity contribution in [3.05, 3.63) is 59.7 Å². The van der Waals surface area contributed by atoms with E-state index in [2.05, 4.69) is 16.4 Å². The van der Waals surface area contributed by atoms with Crippen LogP contribution in [0.1, 0.15) is 24.0 Å². The number of nitrogens with zero attached hydrogens (tertiary/aromatic N) is 2. The highest BCUT2D eigenvalue weighted by Crippen LogP contribution is 2.28. The fourth-order valence-electron chi connectivity index (χ4n) is 2.49. The molecule has 0 aliphatic rings. The summed E-state index contributed by atoms with van der Waals surface area (Å²) in [6.45, 7) is 3.72. The van der Waals surface area contributed by atoms with Crippen molar-refractivity contribution in [3.63, 3.8) is 0 Å². The van der Waals surface area contributed by atoms with Gasteiger partial charge in [-0.2, -0.15) is 5.26 Å². The van der Waals surface area contributed by atoms with Gasteiger partial charge in [-0.05, 0) is 32.0 Å². The van der Waals surface area contributed by atoms with Crippen LogP contribution in [0, 0.1) is 18.3 Å². The predicted molar refractivity (Wildman–Crippen MR) is 88.0 cm³/mol. The van der Waals surface area contributed by atoms with E-state index in [9.17, 15) is 10.4 Å². The number of pyridine rings is 1. The highest BCUT2D eigenvalue weighted by molar-refractivity contribution is 5.93. The molecule has 0 amide bonds. The number of aliphatic hydroxyl groups is 1. The van der Waals surface area contributed by atoms with Gasteiger partial charge in [0, 0.05) is 11.6 Å². The molecule has 0 saturated carbocycles. The van der Waals surface area contributed by atoms with Crippen molar-refractivity contribution >= 4 is 16.6 Å². The minimum Gasteiger partial charge on any atom is -0.463 e. The first kappa shape index (κ1) is 15.1. The van der Waals surface area contributed by atoms with E-state index in [0.29, 0.717) is 17.0 Å². The maximum absolute atomic E-state index is 10.6. The van der Waals surface area contributed by atoms with Crippen LogP contribution in [0.3, 0.4) is 0 Å². The smallest absolute Gasteiger partial charge is 0.137 e. The fourth-order valence-corrected chi connectivity index (χ4v) is 2.49. The fraction of sp³-hybridized carbons (Fsp3) is 0.222. The van der Waals surface area contributed by atoms with Crippen molar-refractivity contribution in [1.29, 1.82) is 5.26 Å². The number of nitrogens with one attached hydrogen (secondary N) is 1. The largest absolute Gasteiger partial charge is 0.463 e. The molecule has 5 nitrogen and oxygen atoms in total. The molecule has 3 aromatic rings. The quantitative estimate of drug-likeness (QED) is 0.772. The Morgan fingerprint density at radius 3 is 2.78 bits per heavy atom. The van der Waals surface area contributed by atoms with Crippen LogP contribution in [0.15, 0.2) is 47.0 Å². The van der Waals surface area contributed by atoms with Gasteiger partial charge in [0.15, 0.2) is 0 Å². The van der Waals surface area contributed by atoms with E-state index in [-0.39, 0.29) is 6.54 Å². The molecule has 1 aromatic carbocycles. The third-order valence-corrected chi connectivity index (χ3v) is 3.78. The Morgan fingerprint density at radius 2 is 2.09 bits per heavy atom. The second kappa shape index (κ2) is 5.75. The van der Waals surface area contributed by atoms with Gasteiger partial charge >= 0.3 is 0 Å². The van der Waals surface area contributed by atoms with Gasteiger partial charge in [-0.25, -0.2) is 0 Å². The summed E-state index contributed by atoms with van der Waals surface area (Å²) in [4.78, 5) is 4.28. The molecule has 0 aliphatic heterocycles. The predicted octanol–water partition coefficient (Wildman–Crippen LogP) is 3.33. The lowest BCUT2D eigenvalue weighted by Crippen LogP contribution is -2.30. The Labute approximate surface area is 134 Å². The summed E-state index contributed by atoms with van der Waals surface area (Å²) in [5, 5.41) is 24.0. The molecule has 0 aliphatic carbocycles. The van der Waals surface area contributed by atoms with Crippen LogP contribution in [-0.4, -0.2) is 16.6 Å². The highest BCUT2D eigenvalue weighted by atomic mass is 16.4. The van der Waals surface area contributed by atoms with E-state index in [1.807, 2.05) is 37.3 Å². The second-order valence-corrected chi connectivity index (χ2v) is 5.71. The number of rotatable bonds is 4. The molecule has 2 heterocycles. The average Bonchev–Trinajstić information content (AvgIpc) is 3.00. The zero-order valence-electron chi connectivity index (χ0n) is 13.0. The number of furan rings is 1. The number of para-hydroxylation sites is 1. The Hall–Kier alpha value is -2.84. The molecule has 2 N–H and O–H groups in total. The molecule has 2 aromatic heterocycles. The number of aromatic nitrogens is 1. The summed E-state index contributed by atoms with van der Waals surface area (Å²) >= 11 is 0. The molecular formula is C18H17N3O2. The molecule has 0 fully saturated rings. The van der Waals surface area contributed by atoms with Gasteiger partial charge in [-0.1, -0.05) is 18.2 Å². The standard InChI is InChI=1S/C18H17N3O2/c1-12-7-8-16(23-12)18(2,22)11-21-17-13(9-19)10-20-15-6-4-3-5-14(15)17/h3-8,10,22H,11H2,1-2H3,(H,20,21). The molecule has 0 spiro atoms. The third kappa shape index (κ3) is 2.89. The lowest BCUT2D eigenvalue weighted by Gasteiger charge is -2.23. The lowest BCUT2D eigenvalue weighted by molar-refractivity contribution is 0.0468. The number of benzene rings is 1. The van der Waals surface area contributed by atoms with E-state index in [4.69, 9.17) is 4.42 Å². The minimum atomic E-state index is -1.19. The van der Waals surface area contributed by atoms with Crippen molar-refractivity contribution in [2.75, 3.05) is 11.9 Å². The van der Waals surface area contributed by atoms with Crippen molar-refractivity contribution in [2.45, 2.75) is 19.4 Å². The zero-order chi connectivity index (χ0) is 16.4. The molecule has 5 heteroatoms. The number of hydrogen-bond donors (Lipinski definition) is 2. The number of anilines is 1. The maximum Gasteiger partial charge on any atom is 0.137 e. The van der Waals surface area contributed by atoms with Gasteiger partial charge in [0.05, 0.1) is 23.3 Å². The summed E-state index contributed by atoms with van der Waals surface area (Å²) in [6, 6.07) is 13.3. The zero-order valence-corrected chi connectivity index (χ0v) is 13.0. The molecule has 0 bridgehead atoms. The van der Waals surface area contributed by atoms with Crippen molar-refractivity contribution < 1.29 is 9.52 Å². The molecule has 1 unspecified atom stereocenters. The maximum atomic E-state index is 10.6. The van der Waals surface area contributed by atoms with Gasteiger partial charge < -0.3 is 14.8 Å². The van der Waals surface area contributed by atoms with Crippen LogP contribution in [-0.2, 0) is 5.60 Å². The van der Waals surface area contributed by atoms with E-state index in [0.717, 1.165) is 16.7 Å². The number of aryl methyl sites for hydroxylation is 1. The monoisotopic (exact) mass is 307 g/mol. The van der Waals surface area contributed by atoms with Gasteiger partial charge in [0.2, 0.25) is 0 Å². The molecule has 23 heavy (non-hydrogen) atoms. The van der Waals surface area contributed by atoms with Gasteiger partial charge in [-0.15, -0.1) is 0 Å². The van der Waals surface area contributed by atoms with Gasteiger partial charge in [0.25, 0.3) is 0 Å². The van der Waals surface area contributed by atoms with E-state index >= 15 is 0 Å². The SMILES string of the molecule is Cc1ccc(C(C)(O)CNc2c(C#N)cnc3ccccc23)o1. The number of hydrogen-bond acceptors (Lipinski definition) is 5. The van der Waals surface area contributed by atoms with E-state index in [1.165, 1.54) is 6.20 Å². The second-order valence-electron chi connectivity index (χ2n) is 5.71. The Bertz CT molecular complexity index is 891. The van der Waals surface area contributed by atoms with Crippen LogP contribution in [0.2, 0.25) is 0 Å². The van der Waals surface area contributed by atoms with E-state index in [1.54, 1.807) is 13.0 Å². The first-order valence-electron chi connectivity index (χ1n) is 7.32. The van der Waals surface area contributed by atoms with Crippen molar-refractivity contribution in [1.82, 2.24) is 4.98 Å². The molecule has 1 atom stereocenters. The number of fused-ring (bicyclic) bond motifs is 1.